The van der Waals surface area contributed by atoms with Crippen LogP contribution in [0.2, 0.25) is 0 Å². The minimum Gasteiger partial charge on any atom is -0.464 e. The number of nitrogens with two attached hydrogens (primary N) is 1. The largest absolute Gasteiger partial charge is 0.464 e. The van der Waals surface area contributed by atoms with Crippen LogP contribution in [0.15, 0.2) is 75.5 Å². The molecule has 0 radical (unpaired) electrons. The number of furan rings is 1. The number of carbonyl (C=O) groups is 1. The normalized spacial score (nSPS) is 11.7. The molecule has 1 atom stereocenters. The van der Waals surface area contributed by atoms with Gasteiger partial charge in [0.2, 0.25) is 11.9 Å². The van der Waals surface area contributed by atoms with E-state index in [0.29, 0.717) is 12.1 Å². The molecule has 1 unspecified atom stereocenters. The number of thioether (sulfide) groups is 1. The predicted molar refractivity (Wildman–Crippen MR) is 144 cm³/mol. The lowest BCUT2D eigenvalue weighted by molar-refractivity contribution is -0.115. The van der Waals surface area contributed by atoms with Gasteiger partial charge < -0.3 is 15.5 Å². The number of nitrogen functional groups attached to an aromatic ring is 1. The summed E-state index contributed by atoms with van der Waals surface area (Å²) in [5.74, 6) is -0.282. The van der Waals surface area contributed by atoms with Crippen LogP contribution in [0.3, 0.4) is 0 Å². The lowest BCUT2D eigenvalue weighted by Gasteiger charge is -2.17. The van der Waals surface area contributed by atoms with Crippen LogP contribution in [0.1, 0.15) is 24.5 Å². The Balaban J connectivity index is 1.54. The molecule has 0 aliphatic carbocycles. The van der Waals surface area contributed by atoms with Crippen LogP contribution in [-0.4, -0.2) is 34.5 Å². The minimum absolute atomic E-state index is 0.00621. The standard InChI is InChI=1S/C25H20N8O4S2/c1-2-20(38-24-18(14-27)21(19-5-3-12-37-19)17(13-26)22(28)32-24)23(34)31-15-6-8-16(9-7-15)39(35,36)33-25-29-10-4-11-30-25/h3-12,20H,2H2,1H3,(H2,28,32)(H,31,34)(H,29,30,33). The molecule has 3 aromatic heterocycles. The second-order valence-corrected chi connectivity index (χ2v) is 10.7. The van der Waals surface area contributed by atoms with Crippen molar-refractivity contribution in [2.75, 3.05) is 15.8 Å². The number of benzene rings is 1. The molecule has 4 rings (SSSR count). The van der Waals surface area contributed by atoms with E-state index in [2.05, 4.69) is 31.1 Å². The number of nitriles is 2. The van der Waals surface area contributed by atoms with Gasteiger partial charge in [-0.15, -0.1) is 0 Å². The Hall–Kier alpha value is -4.92. The van der Waals surface area contributed by atoms with Crippen LogP contribution in [0.5, 0.6) is 0 Å². The third-order valence-electron chi connectivity index (χ3n) is 5.32. The minimum atomic E-state index is -3.93. The van der Waals surface area contributed by atoms with E-state index in [1.807, 2.05) is 6.07 Å². The molecule has 1 amide bonds. The van der Waals surface area contributed by atoms with Crippen molar-refractivity contribution in [1.82, 2.24) is 15.0 Å². The van der Waals surface area contributed by atoms with Gasteiger partial charge >= 0.3 is 0 Å². The van der Waals surface area contributed by atoms with E-state index < -0.39 is 21.2 Å². The first-order valence-electron chi connectivity index (χ1n) is 11.3. The first kappa shape index (κ1) is 27.1. The molecule has 0 aliphatic rings. The molecule has 0 saturated heterocycles. The summed E-state index contributed by atoms with van der Waals surface area (Å²) in [7, 11) is -3.93. The topological polar surface area (TPSA) is 201 Å². The van der Waals surface area contributed by atoms with Crippen molar-refractivity contribution < 1.29 is 17.6 Å². The van der Waals surface area contributed by atoms with Gasteiger partial charge in [-0.25, -0.2) is 28.1 Å². The number of hydrogen-bond donors (Lipinski definition) is 3. The van der Waals surface area contributed by atoms with Crippen molar-refractivity contribution in [1.29, 1.82) is 10.5 Å². The van der Waals surface area contributed by atoms with Crippen LogP contribution in [0, 0.1) is 22.7 Å². The van der Waals surface area contributed by atoms with Gasteiger partial charge in [-0.2, -0.15) is 10.5 Å². The van der Waals surface area contributed by atoms with Gasteiger partial charge in [-0.05, 0) is 48.9 Å². The molecule has 39 heavy (non-hydrogen) atoms. The third-order valence-corrected chi connectivity index (χ3v) is 8.02. The Morgan fingerprint density at radius 3 is 2.38 bits per heavy atom. The number of nitrogens with one attached hydrogen (secondary N) is 2. The molecule has 12 nitrogen and oxygen atoms in total. The van der Waals surface area contributed by atoms with Gasteiger partial charge in [0.15, 0.2) is 0 Å². The van der Waals surface area contributed by atoms with E-state index in [9.17, 15) is 23.7 Å². The maximum absolute atomic E-state index is 13.1. The van der Waals surface area contributed by atoms with E-state index in [1.165, 1.54) is 42.9 Å². The Morgan fingerprint density at radius 2 is 1.79 bits per heavy atom. The molecule has 3 heterocycles. The van der Waals surface area contributed by atoms with Crippen LogP contribution < -0.4 is 15.8 Å². The number of sulfonamides is 1. The Bertz CT molecular complexity index is 1680. The number of nitrogens with zero attached hydrogens (tertiary/aromatic N) is 5. The summed E-state index contributed by atoms with van der Waals surface area (Å²) in [6, 6.07) is 14.4. The molecule has 0 bridgehead atoms. The number of carbonyl (C=O) groups excluding carboxylic acids is 1. The average Bonchev–Trinajstić information content (AvgIpc) is 3.46. The van der Waals surface area contributed by atoms with E-state index in [-0.39, 0.29) is 44.1 Å². The summed E-state index contributed by atoms with van der Waals surface area (Å²) in [6.07, 6.45) is 4.59. The molecule has 4 N–H and O–H groups in total. The van der Waals surface area contributed by atoms with Crippen molar-refractivity contribution in [2.45, 2.75) is 28.5 Å². The lowest BCUT2D eigenvalue weighted by atomic mass is 10.0. The Morgan fingerprint density at radius 1 is 1.10 bits per heavy atom. The summed E-state index contributed by atoms with van der Waals surface area (Å²) in [4.78, 5) is 25.0. The van der Waals surface area contributed by atoms with Crippen LogP contribution in [0.4, 0.5) is 17.5 Å². The number of amides is 1. The zero-order valence-electron chi connectivity index (χ0n) is 20.3. The average molecular weight is 561 g/mol. The molecule has 0 aliphatic heterocycles. The first-order chi connectivity index (χ1) is 18.8. The number of aromatic nitrogens is 3. The van der Waals surface area contributed by atoms with Crippen molar-refractivity contribution in [3.8, 4) is 23.5 Å². The summed E-state index contributed by atoms with van der Waals surface area (Å²) < 4.78 is 32.9. The third kappa shape index (κ3) is 5.98. The molecular formula is C25H20N8O4S2. The van der Waals surface area contributed by atoms with Gasteiger partial charge in [0.25, 0.3) is 10.0 Å². The summed E-state index contributed by atoms with van der Waals surface area (Å²) >= 11 is 1.02. The van der Waals surface area contributed by atoms with Gasteiger partial charge in [0.05, 0.1) is 27.5 Å². The predicted octanol–water partition coefficient (Wildman–Crippen LogP) is 3.77. The summed E-state index contributed by atoms with van der Waals surface area (Å²) in [5.41, 5.74) is 6.66. The summed E-state index contributed by atoms with van der Waals surface area (Å²) in [5, 5.41) is 21.7. The van der Waals surface area contributed by atoms with Gasteiger partial charge in [-0.1, -0.05) is 18.7 Å². The number of hydrogen-bond acceptors (Lipinski definition) is 11. The molecular weight excluding hydrogens is 540 g/mol. The second kappa shape index (κ2) is 11.6. The molecule has 4 aromatic rings. The van der Waals surface area contributed by atoms with Crippen LogP contribution >= 0.6 is 11.8 Å². The van der Waals surface area contributed by atoms with E-state index in [4.69, 9.17) is 10.2 Å². The van der Waals surface area contributed by atoms with Gasteiger partial charge in [-0.3, -0.25) is 4.79 Å². The van der Waals surface area contributed by atoms with Gasteiger partial charge in [0, 0.05) is 18.1 Å². The number of rotatable bonds is 9. The Labute approximate surface area is 228 Å². The van der Waals surface area contributed by atoms with E-state index in [1.54, 1.807) is 25.1 Å². The SMILES string of the molecule is CCC(Sc1nc(N)c(C#N)c(-c2ccco2)c1C#N)C(=O)Nc1ccc(S(=O)(=O)Nc2ncccn2)cc1. The fraction of sp³-hybridized carbons (Fsp3) is 0.120. The molecule has 14 heteroatoms. The van der Waals surface area contributed by atoms with Gasteiger partial charge in [0.1, 0.15) is 34.3 Å². The first-order valence-corrected chi connectivity index (χ1v) is 13.7. The smallest absolute Gasteiger partial charge is 0.264 e. The molecule has 0 saturated carbocycles. The lowest BCUT2D eigenvalue weighted by Crippen LogP contribution is -2.25. The highest BCUT2D eigenvalue weighted by atomic mass is 32.2. The quantitative estimate of drug-likeness (QED) is 0.252. The zero-order valence-corrected chi connectivity index (χ0v) is 22.0. The van der Waals surface area contributed by atoms with E-state index >= 15 is 0 Å². The van der Waals surface area contributed by atoms with Crippen molar-refractivity contribution in [2.24, 2.45) is 0 Å². The maximum atomic E-state index is 13.1. The van der Waals surface area contributed by atoms with Crippen molar-refractivity contribution >= 4 is 45.1 Å². The highest BCUT2D eigenvalue weighted by Gasteiger charge is 2.26. The number of anilines is 3. The number of pyridine rings is 1. The fourth-order valence-corrected chi connectivity index (χ4v) is 5.46. The molecule has 196 valence electrons. The maximum Gasteiger partial charge on any atom is 0.264 e. The van der Waals surface area contributed by atoms with Crippen molar-refractivity contribution in [3.63, 3.8) is 0 Å². The van der Waals surface area contributed by atoms with E-state index in [0.717, 1.165) is 11.8 Å². The highest BCUT2D eigenvalue weighted by molar-refractivity contribution is 8.00. The monoisotopic (exact) mass is 560 g/mol. The van der Waals surface area contributed by atoms with Crippen LogP contribution in [-0.2, 0) is 14.8 Å². The molecule has 0 spiro atoms. The van der Waals surface area contributed by atoms with Crippen LogP contribution in [0.25, 0.3) is 11.3 Å². The molecule has 0 fully saturated rings. The second-order valence-electron chi connectivity index (χ2n) is 7.83. The highest BCUT2D eigenvalue weighted by Crippen LogP contribution is 2.37. The zero-order chi connectivity index (χ0) is 28.0. The Kier molecular flexibility index (Phi) is 8.10. The van der Waals surface area contributed by atoms with Crippen molar-refractivity contribution in [3.05, 3.63) is 72.2 Å². The molecule has 1 aromatic carbocycles. The summed E-state index contributed by atoms with van der Waals surface area (Å²) in [6.45, 7) is 1.79. The fourth-order valence-electron chi connectivity index (χ4n) is 3.48.